The van der Waals surface area contributed by atoms with Crippen molar-refractivity contribution < 1.29 is 14.7 Å². The average Bonchev–Trinajstić information content (AvgIpc) is 3.16. The molecule has 0 spiro atoms. The minimum atomic E-state index is -0.860. The summed E-state index contributed by atoms with van der Waals surface area (Å²) in [5.41, 5.74) is 2.52. The number of carbonyl (C=O) groups is 2. The number of hydrogen-bond donors (Lipinski definition) is 2. The summed E-state index contributed by atoms with van der Waals surface area (Å²) in [5.74, 6) is -1.06. The highest BCUT2D eigenvalue weighted by Gasteiger charge is 2.31. The van der Waals surface area contributed by atoms with Gasteiger partial charge in [-0.15, -0.1) is 11.3 Å². The molecule has 1 atom stereocenters. The van der Waals surface area contributed by atoms with Crippen LogP contribution in [0.4, 0.5) is 5.69 Å². The first-order valence-electron chi connectivity index (χ1n) is 7.82. The van der Waals surface area contributed by atoms with Gasteiger partial charge in [0.25, 0.3) is 0 Å². The first-order valence-corrected chi connectivity index (χ1v) is 8.70. The van der Waals surface area contributed by atoms with Crippen molar-refractivity contribution in [2.75, 3.05) is 18.4 Å². The Morgan fingerprint density at radius 2 is 2.29 bits per heavy atom. The second kappa shape index (κ2) is 7.11. The number of carboxylic acid groups (broad SMARTS) is 1. The van der Waals surface area contributed by atoms with E-state index in [9.17, 15) is 14.7 Å². The lowest BCUT2D eigenvalue weighted by Gasteiger charge is -2.20. The van der Waals surface area contributed by atoms with E-state index in [1.54, 1.807) is 16.2 Å². The predicted octanol–water partition coefficient (Wildman–Crippen LogP) is 2.61. The summed E-state index contributed by atoms with van der Waals surface area (Å²) in [6, 6.07) is 6.96. The van der Waals surface area contributed by atoms with Crippen molar-refractivity contribution in [3.63, 3.8) is 0 Å². The molecule has 1 aliphatic rings. The topological polar surface area (TPSA) is 82.5 Å². The van der Waals surface area contributed by atoms with E-state index in [0.717, 1.165) is 22.7 Å². The summed E-state index contributed by atoms with van der Waals surface area (Å²) in [4.78, 5) is 29.6. The molecule has 0 saturated carbocycles. The Morgan fingerprint density at radius 3 is 3.00 bits per heavy atom. The fourth-order valence-corrected chi connectivity index (χ4v) is 3.55. The van der Waals surface area contributed by atoms with Crippen molar-refractivity contribution >= 4 is 28.9 Å². The Morgan fingerprint density at radius 1 is 1.46 bits per heavy atom. The lowest BCUT2D eigenvalue weighted by atomic mass is 10.1. The quantitative estimate of drug-likeness (QED) is 0.870. The fourth-order valence-electron chi connectivity index (χ4n) is 2.93. The molecule has 2 aromatic rings. The van der Waals surface area contributed by atoms with Crippen LogP contribution in [0.2, 0.25) is 0 Å². The van der Waals surface area contributed by atoms with Crippen LogP contribution in [0.1, 0.15) is 17.8 Å². The summed E-state index contributed by atoms with van der Waals surface area (Å²) in [5, 5.41) is 15.0. The molecule has 3 rings (SSSR count). The van der Waals surface area contributed by atoms with Crippen LogP contribution in [-0.4, -0.2) is 46.0 Å². The zero-order valence-corrected chi connectivity index (χ0v) is 14.2. The summed E-state index contributed by atoms with van der Waals surface area (Å²) < 4.78 is 0. The van der Waals surface area contributed by atoms with Crippen LogP contribution in [-0.2, 0) is 9.59 Å². The first kappa shape index (κ1) is 16.6. The van der Waals surface area contributed by atoms with E-state index in [2.05, 4.69) is 10.3 Å². The third-order valence-electron chi connectivity index (χ3n) is 4.06. The number of carboxylic acids is 1. The minimum Gasteiger partial charge on any atom is -0.480 e. The van der Waals surface area contributed by atoms with E-state index in [1.807, 2.05) is 36.6 Å². The largest absolute Gasteiger partial charge is 0.480 e. The summed E-state index contributed by atoms with van der Waals surface area (Å²) in [7, 11) is 0. The van der Waals surface area contributed by atoms with Gasteiger partial charge in [-0.1, -0.05) is 12.1 Å². The molecule has 0 unspecified atom stereocenters. The minimum absolute atomic E-state index is 0.0942. The molecule has 1 aromatic heterocycles. The zero-order chi connectivity index (χ0) is 17.1. The lowest BCUT2D eigenvalue weighted by Crippen LogP contribution is -2.40. The molecule has 6 nitrogen and oxygen atoms in total. The number of anilines is 1. The van der Waals surface area contributed by atoms with Gasteiger partial charge in [0.1, 0.15) is 6.04 Å². The molecule has 1 amide bonds. The average molecular weight is 345 g/mol. The third-order valence-corrected chi connectivity index (χ3v) is 4.83. The number of nitrogens with one attached hydrogen (secondary N) is 1. The molecule has 2 heterocycles. The van der Waals surface area contributed by atoms with E-state index >= 15 is 0 Å². The first-order chi connectivity index (χ1) is 11.5. The number of hydrogen-bond acceptors (Lipinski definition) is 5. The SMILES string of the molecule is Cc1nc(-c2cccc(NC(=O)CN3CCC[C@H]3C(=O)O)c2)cs1. The molecule has 0 bridgehead atoms. The normalized spacial score (nSPS) is 17.8. The highest BCUT2D eigenvalue weighted by Crippen LogP contribution is 2.24. The van der Waals surface area contributed by atoms with E-state index in [0.29, 0.717) is 18.7 Å². The van der Waals surface area contributed by atoms with Gasteiger partial charge in [-0.05, 0) is 38.4 Å². The molecule has 0 radical (unpaired) electrons. The molecular weight excluding hydrogens is 326 g/mol. The third kappa shape index (κ3) is 3.80. The van der Waals surface area contributed by atoms with Crippen molar-refractivity contribution in [1.82, 2.24) is 9.88 Å². The van der Waals surface area contributed by atoms with Gasteiger partial charge in [0.2, 0.25) is 5.91 Å². The van der Waals surface area contributed by atoms with E-state index in [4.69, 9.17) is 0 Å². The van der Waals surface area contributed by atoms with Crippen LogP contribution in [0.5, 0.6) is 0 Å². The van der Waals surface area contributed by atoms with Crippen LogP contribution in [0.15, 0.2) is 29.6 Å². The number of carbonyl (C=O) groups excluding carboxylic acids is 1. The Kier molecular flexibility index (Phi) is 4.92. The van der Waals surface area contributed by atoms with Crippen LogP contribution < -0.4 is 5.32 Å². The number of rotatable bonds is 5. The number of benzene rings is 1. The van der Waals surface area contributed by atoms with Crippen molar-refractivity contribution in [2.24, 2.45) is 0 Å². The van der Waals surface area contributed by atoms with Gasteiger partial charge in [-0.25, -0.2) is 4.98 Å². The molecular formula is C17H19N3O3S. The van der Waals surface area contributed by atoms with Gasteiger partial charge < -0.3 is 10.4 Å². The summed E-state index contributed by atoms with van der Waals surface area (Å²) in [6.07, 6.45) is 1.41. The predicted molar refractivity (Wildman–Crippen MR) is 93.1 cm³/mol. The number of aliphatic carboxylic acids is 1. The molecule has 1 aliphatic heterocycles. The van der Waals surface area contributed by atoms with Crippen LogP contribution in [0, 0.1) is 6.92 Å². The van der Waals surface area contributed by atoms with E-state index in [1.165, 1.54) is 0 Å². The number of thiazole rings is 1. The second-order valence-electron chi connectivity index (χ2n) is 5.85. The van der Waals surface area contributed by atoms with Crippen molar-refractivity contribution in [2.45, 2.75) is 25.8 Å². The molecule has 1 fully saturated rings. The molecule has 7 heteroatoms. The zero-order valence-electron chi connectivity index (χ0n) is 13.4. The van der Waals surface area contributed by atoms with Crippen LogP contribution >= 0.6 is 11.3 Å². The maximum Gasteiger partial charge on any atom is 0.320 e. The van der Waals surface area contributed by atoms with Gasteiger partial charge in [0.05, 0.1) is 17.2 Å². The Balaban J connectivity index is 1.65. The number of likely N-dealkylation sites (tertiary alicyclic amines) is 1. The molecule has 1 aromatic carbocycles. The molecule has 2 N–H and O–H groups in total. The highest BCUT2D eigenvalue weighted by atomic mass is 32.1. The van der Waals surface area contributed by atoms with Gasteiger partial charge in [0.15, 0.2) is 0 Å². The fraction of sp³-hybridized carbons (Fsp3) is 0.353. The smallest absolute Gasteiger partial charge is 0.320 e. The molecule has 24 heavy (non-hydrogen) atoms. The monoisotopic (exact) mass is 345 g/mol. The van der Waals surface area contributed by atoms with E-state index in [-0.39, 0.29) is 12.5 Å². The summed E-state index contributed by atoms with van der Waals surface area (Å²) in [6.45, 7) is 2.69. The molecule has 1 saturated heterocycles. The number of amides is 1. The van der Waals surface area contributed by atoms with Crippen molar-refractivity contribution in [1.29, 1.82) is 0 Å². The van der Waals surface area contributed by atoms with Gasteiger partial charge in [-0.2, -0.15) is 0 Å². The lowest BCUT2D eigenvalue weighted by molar-refractivity contribution is -0.142. The standard InChI is InChI=1S/C17H19N3O3S/c1-11-18-14(10-24-11)12-4-2-5-13(8-12)19-16(21)9-20-7-3-6-15(20)17(22)23/h2,4-5,8,10,15H,3,6-7,9H2,1H3,(H,19,21)(H,22,23)/t15-/m0/s1. The molecule has 0 aliphatic carbocycles. The second-order valence-corrected chi connectivity index (χ2v) is 6.91. The Hall–Kier alpha value is -2.25. The van der Waals surface area contributed by atoms with Gasteiger partial charge in [-0.3, -0.25) is 14.5 Å². The number of aryl methyl sites for hydroxylation is 1. The molecule has 126 valence electrons. The Bertz CT molecular complexity index is 759. The van der Waals surface area contributed by atoms with Gasteiger partial charge in [0, 0.05) is 16.6 Å². The number of nitrogens with zero attached hydrogens (tertiary/aromatic N) is 2. The van der Waals surface area contributed by atoms with Crippen molar-refractivity contribution in [3.8, 4) is 11.3 Å². The summed E-state index contributed by atoms with van der Waals surface area (Å²) >= 11 is 1.58. The van der Waals surface area contributed by atoms with Crippen LogP contribution in [0.3, 0.4) is 0 Å². The Labute approximate surface area is 144 Å². The van der Waals surface area contributed by atoms with Crippen molar-refractivity contribution in [3.05, 3.63) is 34.7 Å². The maximum absolute atomic E-state index is 12.2. The highest BCUT2D eigenvalue weighted by molar-refractivity contribution is 7.09. The van der Waals surface area contributed by atoms with Crippen LogP contribution in [0.25, 0.3) is 11.3 Å². The number of aromatic nitrogens is 1. The van der Waals surface area contributed by atoms with Gasteiger partial charge >= 0.3 is 5.97 Å². The maximum atomic E-state index is 12.2. The van der Waals surface area contributed by atoms with E-state index < -0.39 is 12.0 Å².